The molecule has 0 aromatic heterocycles. The highest BCUT2D eigenvalue weighted by Crippen LogP contribution is 2.40. The van der Waals surface area contributed by atoms with E-state index in [2.05, 4.69) is 5.32 Å². The molecule has 0 radical (unpaired) electrons. The van der Waals surface area contributed by atoms with E-state index in [9.17, 15) is 13.6 Å². The van der Waals surface area contributed by atoms with Gasteiger partial charge in [-0.25, -0.2) is 8.78 Å². The zero-order valence-electron chi connectivity index (χ0n) is 13.5. The standard InChI is InChI=1S/C19H22F2N2O/c20-19(21)9-7-13(12-19)8-10-23-18(24)17(22)16-6-5-14-3-1-2-4-15(14)11-16/h1-6,11,13,17H,7-10,12,22H2,(H,23,24). The van der Waals surface area contributed by atoms with E-state index in [4.69, 9.17) is 5.73 Å². The van der Waals surface area contributed by atoms with Gasteiger partial charge in [0.05, 0.1) is 0 Å². The zero-order valence-corrected chi connectivity index (χ0v) is 13.5. The van der Waals surface area contributed by atoms with E-state index >= 15 is 0 Å². The van der Waals surface area contributed by atoms with Crippen molar-refractivity contribution in [1.29, 1.82) is 0 Å². The van der Waals surface area contributed by atoms with Crippen LogP contribution in [0.4, 0.5) is 8.78 Å². The molecule has 1 aliphatic carbocycles. The number of hydrogen-bond donors (Lipinski definition) is 2. The molecule has 2 atom stereocenters. The Balaban J connectivity index is 1.54. The zero-order chi connectivity index (χ0) is 17.2. The number of halogens is 2. The molecule has 2 unspecified atom stereocenters. The van der Waals surface area contributed by atoms with Crippen LogP contribution in [0.5, 0.6) is 0 Å². The summed E-state index contributed by atoms with van der Waals surface area (Å²) in [6.45, 7) is 0.390. The molecule has 0 bridgehead atoms. The SMILES string of the molecule is NC(C(=O)NCCC1CCC(F)(F)C1)c1ccc2ccccc2c1. The number of carbonyl (C=O) groups excluding carboxylic acids is 1. The fourth-order valence-electron chi connectivity index (χ4n) is 3.35. The number of alkyl halides is 2. The normalized spacial score (nSPS) is 20.9. The lowest BCUT2D eigenvalue weighted by atomic mass is 10.0. The number of nitrogens with two attached hydrogens (primary N) is 1. The van der Waals surface area contributed by atoms with Gasteiger partial charge in [-0.1, -0.05) is 36.4 Å². The topological polar surface area (TPSA) is 55.1 Å². The lowest BCUT2D eigenvalue weighted by molar-refractivity contribution is -0.122. The van der Waals surface area contributed by atoms with Crippen molar-refractivity contribution in [3.05, 3.63) is 48.0 Å². The van der Waals surface area contributed by atoms with Crippen molar-refractivity contribution in [2.45, 2.75) is 37.6 Å². The van der Waals surface area contributed by atoms with E-state index in [1.165, 1.54) is 0 Å². The first-order chi connectivity index (χ1) is 11.4. The molecular formula is C19H22F2N2O. The Morgan fingerprint density at radius 1 is 1.25 bits per heavy atom. The van der Waals surface area contributed by atoms with Crippen LogP contribution in [-0.2, 0) is 4.79 Å². The van der Waals surface area contributed by atoms with Gasteiger partial charge in [-0.05, 0) is 41.2 Å². The van der Waals surface area contributed by atoms with Crippen LogP contribution in [0.3, 0.4) is 0 Å². The van der Waals surface area contributed by atoms with Crippen molar-refractivity contribution in [1.82, 2.24) is 5.32 Å². The van der Waals surface area contributed by atoms with Gasteiger partial charge in [-0.3, -0.25) is 4.79 Å². The fourth-order valence-corrected chi connectivity index (χ4v) is 3.35. The number of carbonyl (C=O) groups is 1. The van der Waals surface area contributed by atoms with Crippen molar-refractivity contribution >= 4 is 16.7 Å². The van der Waals surface area contributed by atoms with Crippen LogP contribution < -0.4 is 11.1 Å². The van der Waals surface area contributed by atoms with E-state index < -0.39 is 12.0 Å². The maximum absolute atomic E-state index is 13.2. The summed E-state index contributed by atoms with van der Waals surface area (Å²) in [6.07, 6.45) is 0.993. The largest absolute Gasteiger partial charge is 0.354 e. The van der Waals surface area contributed by atoms with Crippen molar-refractivity contribution in [2.75, 3.05) is 6.54 Å². The smallest absolute Gasteiger partial charge is 0.248 e. The van der Waals surface area contributed by atoms with Gasteiger partial charge in [0.25, 0.3) is 0 Å². The van der Waals surface area contributed by atoms with Crippen LogP contribution in [-0.4, -0.2) is 18.4 Å². The summed E-state index contributed by atoms with van der Waals surface area (Å²) in [7, 11) is 0. The van der Waals surface area contributed by atoms with Crippen molar-refractivity contribution in [2.24, 2.45) is 11.7 Å². The Morgan fingerprint density at radius 3 is 2.71 bits per heavy atom. The summed E-state index contributed by atoms with van der Waals surface area (Å²) in [5.41, 5.74) is 6.78. The van der Waals surface area contributed by atoms with Crippen LogP contribution in [0, 0.1) is 5.92 Å². The first kappa shape index (κ1) is 16.8. The summed E-state index contributed by atoms with van der Waals surface area (Å²) in [5, 5.41) is 4.90. The summed E-state index contributed by atoms with van der Waals surface area (Å²) in [5.74, 6) is -2.82. The summed E-state index contributed by atoms with van der Waals surface area (Å²) < 4.78 is 26.3. The van der Waals surface area contributed by atoms with Gasteiger partial charge < -0.3 is 11.1 Å². The van der Waals surface area contributed by atoms with Crippen molar-refractivity contribution < 1.29 is 13.6 Å². The predicted molar refractivity (Wildman–Crippen MR) is 90.8 cm³/mol. The van der Waals surface area contributed by atoms with Crippen LogP contribution in [0.25, 0.3) is 10.8 Å². The average Bonchev–Trinajstić information content (AvgIpc) is 2.92. The minimum atomic E-state index is -2.53. The first-order valence-electron chi connectivity index (χ1n) is 8.34. The molecule has 1 fully saturated rings. The molecule has 3 nitrogen and oxygen atoms in total. The van der Waals surface area contributed by atoms with Gasteiger partial charge in [0.2, 0.25) is 11.8 Å². The van der Waals surface area contributed by atoms with Crippen LogP contribution in [0.2, 0.25) is 0 Å². The second kappa shape index (κ2) is 6.85. The molecule has 0 aliphatic heterocycles. The van der Waals surface area contributed by atoms with E-state index in [0.717, 1.165) is 16.3 Å². The van der Waals surface area contributed by atoms with E-state index in [0.29, 0.717) is 19.4 Å². The minimum Gasteiger partial charge on any atom is -0.354 e. The van der Waals surface area contributed by atoms with E-state index in [-0.39, 0.29) is 24.7 Å². The molecule has 3 N–H and O–H groups in total. The molecule has 1 amide bonds. The molecule has 0 heterocycles. The Hall–Kier alpha value is -2.01. The fraction of sp³-hybridized carbons (Fsp3) is 0.421. The Labute approximate surface area is 140 Å². The Kier molecular flexibility index (Phi) is 4.81. The van der Waals surface area contributed by atoms with E-state index in [1.54, 1.807) is 0 Å². The third kappa shape index (κ3) is 3.90. The van der Waals surface area contributed by atoms with Gasteiger partial charge in [0, 0.05) is 19.4 Å². The third-order valence-electron chi connectivity index (χ3n) is 4.77. The van der Waals surface area contributed by atoms with Gasteiger partial charge in [-0.2, -0.15) is 0 Å². The number of fused-ring (bicyclic) bond motifs is 1. The monoisotopic (exact) mass is 332 g/mol. The average molecular weight is 332 g/mol. The molecular weight excluding hydrogens is 310 g/mol. The van der Waals surface area contributed by atoms with Crippen LogP contribution >= 0.6 is 0 Å². The van der Waals surface area contributed by atoms with Crippen LogP contribution in [0.1, 0.15) is 37.3 Å². The Morgan fingerprint density at radius 2 is 2.00 bits per heavy atom. The molecule has 2 aromatic carbocycles. The number of benzene rings is 2. The maximum Gasteiger partial charge on any atom is 0.248 e. The third-order valence-corrected chi connectivity index (χ3v) is 4.77. The number of hydrogen-bond acceptors (Lipinski definition) is 2. The lowest BCUT2D eigenvalue weighted by Crippen LogP contribution is -2.35. The van der Waals surface area contributed by atoms with Crippen molar-refractivity contribution in [3.63, 3.8) is 0 Å². The first-order valence-corrected chi connectivity index (χ1v) is 8.34. The van der Waals surface area contributed by atoms with Gasteiger partial charge in [0.15, 0.2) is 0 Å². The molecule has 24 heavy (non-hydrogen) atoms. The molecule has 0 spiro atoms. The quantitative estimate of drug-likeness (QED) is 0.875. The highest BCUT2D eigenvalue weighted by atomic mass is 19.3. The summed E-state index contributed by atoms with van der Waals surface area (Å²) >= 11 is 0. The van der Waals surface area contributed by atoms with Gasteiger partial charge in [0.1, 0.15) is 6.04 Å². The molecule has 0 saturated heterocycles. The maximum atomic E-state index is 13.2. The number of amides is 1. The van der Waals surface area contributed by atoms with Gasteiger partial charge >= 0.3 is 0 Å². The Bertz CT molecular complexity index is 732. The molecule has 1 aliphatic rings. The number of rotatable bonds is 5. The van der Waals surface area contributed by atoms with Crippen LogP contribution in [0.15, 0.2) is 42.5 Å². The van der Waals surface area contributed by atoms with Gasteiger partial charge in [-0.15, -0.1) is 0 Å². The van der Waals surface area contributed by atoms with Crippen molar-refractivity contribution in [3.8, 4) is 0 Å². The predicted octanol–water partition coefficient (Wildman–Crippen LogP) is 3.78. The second-order valence-corrected chi connectivity index (χ2v) is 6.63. The molecule has 2 aromatic rings. The van der Waals surface area contributed by atoms with E-state index in [1.807, 2.05) is 42.5 Å². The molecule has 3 rings (SSSR count). The summed E-state index contributed by atoms with van der Waals surface area (Å²) in [4.78, 5) is 12.2. The minimum absolute atomic E-state index is 0.0165. The second-order valence-electron chi connectivity index (χ2n) is 6.63. The highest BCUT2D eigenvalue weighted by Gasteiger charge is 2.38. The molecule has 5 heteroatoms. The lowest BCUT2D eigenvalue weighted by Gasteiger charge is -2.15. The summed E-state index contributed by atoms with van der Waals surface area (Å²) in [6, 6.07) is 12.8. The molecule has 1 saturated carbocycles. The molecule has 128 valence electrons. The highest BCUT2D eigenvalue weighted by molar-refractivity contribution is 5.87. The number of nitrogens with one attached hydrogen (secondary N) is 1.